The zero-order chi connectivity index (χ0) is 16.9. The van der Waals surface area contributed by atoms with Gasteiger partial charge in [-0.25, -0.2) is 4.68 Å². The van der Waals surface area contributed by atoms with Crippen LogP contribution in [0.25, 0.3) is 0 Å². The molecule has 24 heavy (non-hydrogen) atoms. The summed E-state index contributed by atoms with van der Waals surface area (Å²) in [5.74, 6) is 1.79. The number of hydrogen-bond donors (Lipinski definition) is 0. The Bertz CT molecular complexity index is 721. The van der Waals surface area contributed by atoms with Gasteiger partial charge < -0.3 is 14.4 Å². The van der Waals surface area contributed by atoms with Gasteiger partial charge in [0.05, 0.1) is 5.75 Å². The highest BCUT2D eigenvalue weighted by Gasteiger charge is 2.15. The van der Waals surface area contributed by atoms with Crippen LogP contribution in [0.3, 0.4) is 0 Å². The van der Waals surface area contributed by atoms with Crippen LogP contribution in [0.4, 0.5) is 0 Å². The minimum atomic E-state index is 0.0144. The quantitative estimate of drug-likeness (QED) is 0.725. The minimum Gasteiger partial charge on any atom is -0.486 e. The monoisotopic (exact) mass is 349 g/mol. The molecule has 2 heterocycles. The highest BCUT2D eigenvalue weighted by molar-refractivity contribution is 7.99. The first kappa shape index (κ1) is 16.6. The van der Waals surface area contributed by atoms with Gasteiger partial charge in [-0.3, -0.25) is 4.79 Å². The molecule has 1 aliphatic rings. The zero-order valence-electron chi connectivity index (χ0n) is 13.6. The summed E-state index contributed by atoms with van der Waals surface area (Å²) < 4.78 is 12.7. The van der Waals surface area contributed by atoms with E-state index < -0.39 is 0 Å². The number of hydrogen-bond acceptors (Lipinski definition) is 7. The maximum absolute atomic E-state index is 12.3. The van der Waals surface area contributed by atoms with Gasteiger partial charge in [0.2, 0.25) is 11.1 Å². The van der Waals surface area contributed by atoms with Crippen molar-refractivity contribution in [2.75, 3.05) is 26.0 Å². The third kappa shape index (κ3) is 3.78. The largest absolute Gasteiger partial charge is 0.486 e. The first-order valence-corrected chi connectivity index (χ1v) is 8.67. The molecular weight excluding hydrogens is 330 g/mol. The highest BCUT2D eigenvalue weighted by Crippen LogP contribution is 2.31. The summed E-state index contributed by atoms with van der Waals surface area (Å²) in [4.78, 5) is 14.0. The maximum Gasteiger partial charge on any atom is 0.233 e. The molecule has 0 saturated heterocycles. The molecule has 1 amide bonds. The second-order valence-electron chi connectivity index (χ2n) is 5.29. The first-order valence-electron chi connectivity index (χ1n) is 7.69. The number of benzene rings is 1. The van der Waals surface area contributed by atoms with Gasteiger partial charge in [-0.2, -0.15) is 0 Å². The van der Waals surface area contributed by atoms with E-state index in [1.165, 1.54) is 11.8 Å². The van der Waals surface area contributed by atoms with E-state index in [-0.39, 0.29) is 5.91 Å². The van der Waals surface area contributed by atoms with Gasteiger partial charge in [0, 0.05) is 20.1 Å². The van der Waals surface area contributed by atoms with Crippen molar-refractivity contribution in [3.63, 3.8) is 0 Å². The molecule has 0 radical (unpaired) electrons. The van der Waals surface area contributed by atoms with E-state index >= 15 is 0 Å². The van der Waals surface area contributed by atoms with E-state index in [0.29, 0.717) is 37.2 Å². The molecule has 0 saturated carbocycles. The van der Waals surface area contributed by atoms with Crippen molar-refractivity contribution >= 4 is 17.7 Å². The fourth-order valence-electron chi connectivity index (χ4n) is 2.28. The number of tetrazole rings is 1. The van der Waals surface area contributed by atoms with Crippen LogP contribution in [-0.2, 0) is 17.9 Å². The van der Waals surface area contributed by atoms with Crippen LogP contribution in [0, 0.1) is 0 Å². The molecule has 128 valence electrons. The van der Waals surface area contributed by atoms with Crippen molar-refractivity contribution in [3.05, 3.63) is 23.8 Å². The third-order valence-electron chi connectivity index (χ3n) is 3.58. The van der Waals surface area contributed by atoms with Gasteiger partial charge in [-0.05, 0) is 35.0 Å². The molecule has 0 N–H and O–H groups in total. The molecule has 9 heteroatoms. The number of carbonyl (C=O) groups is 1. The average molecular weight is 349 g/mol. The van der Waals surface area contributed by atoms with Crippen LogP contribution in [-0.4, -0.2) is 57.0 Å². The van der Waals surface area contributed by atoms with E-state index in [4.69, 9.17) is 9.47 Å². The summed E-state index contributed by atoms with van der Waals surface area (Å²) in [5, 5.41) is 12.0. The SMILES string of the molecule is CCn1nnnc1SCC(=O)N(C)Cc1ccc2c(c1)OCCO2. The van der Waals surface area contributed by atoms with Crippen molar-refractivity contribution in [2.45, 2.75) is 25.2 Å². The second-order valence-corrected chi connectivity index (χ2v) is 6.24. The van der Waals surface area contributed by atoms with E-state index in [1.807, 2.05) is 25.1 Å². The number of carbonyl (C=O) groups excluding carboxylic acids is 1. The van der Waals surface area contributed by atoms with E-state index in [0.717, 1.165) is 17.1 Å². The Labute approximate surface area is 144 Å². The maximum atomic E-state index is 12.3. The van der Waals surface area contributed by atoms with Gasteiger partial charge in [-0.15, -0.1) is 5.10 Å². The lowest BCUT2D eigenvalue weighted by molar-refractivity contribution is -0.127. The lowest BCUT2D eigenvalue weighted by Gasteiger charge is -2.21. The number of fused-ring (bicyclic) bond motifs is 1. The molecule has 0 atom stereocenters. The smallest absolute Gasteiger partial charge is 0.233 e. The zero-order valence-corrected chi connectivity index (χ0v) is 14.5. The topological polar surface area (TPSA) is 82.4 Å². The fraction of sp³-hybridized carbons (Fsp3) is 0.467. The van der Waals surface area contributed by atoms with Crippen LogP contribution < -0.4 is 9.47 Å². The van der Waals surface area contributed by atoms with Gasteiger partial charge in [-0.1, -0.05) is 17.8 Å². The van der Waals surface area contributed by atoms with Crippen LogP contribution in [0.15, 0.2) is 23.4 Å². The van der Waals surface area contributed by atoms with E-state index in [2.05, 4.69) is 15.5 Å². The average Bonchev–Trinajstić information content (AvgIpc) is 3.07. The Balaban J connectivity index is 1.56. The number of thioether (sulfide) groups is 1. The normalized spacial score (nSPS) is 12.9. The highest BCUT2D eigenvalue weighted by atomic mass is 32.2. The molecule has 0 unspecified atom stereocenters. The standard InChI is InChI=1S/C15H19N5O3S/c1-3-20-15(16-17-18-20)24-10-14(21)19(2)9-11-4-5-12-13(8-11)23-7-6-22-12/h4-5,8H,3,6-7,9-10H2,1-2H3. The van der Waals surface area contributed by atoms with Crippen LogP contribution in [0.1, 0.15) is 12.5 Å². The molecule has 0 spiro atoms. The van der Waals surface area contributed by atoms with E-state index in [1.54, 1.807) is 16.6 Å². The Morgan fingerprint density at radius 2 is 2.12 bits per heavy atom. The molecule has 0 aliphatic carbocycles. The van der Waals surface area contributed by atoms with Gasteiger partial charge in [0.1, 0.15) is 13.2 Å². The summed E-state index contributed by atoms with van der Waals surface area (Å²) in [6.07, 6.45) is 0. The summed E-state index contributed by atoms with van der Waals surface area (Å²) in [6, 6.07) is 5.75. The Morgan fingerprint density at radius 1 is 1.33 bits per heavy atom. The Hall–Kier alpha value is -2.29. The van der Waals surface area contributed by atoms with Crippen LogP contribution in [0.2, 0.25) is 0 Å². The Morgan fingerprint density at radius 3 is 2.92 bits per heavy atom. The molecule has 0 fully saturated rings. The molecule has 1 aliphatic heterocycles. The number of ether oxygens (including phenoxy) is 2. The van der Waals surface area contributed by atoms with Crippen molar-refractivity contribution in [3.8, 4) is 11.5 Å². The predicted molar refractivity (Wildman–Crippen MR) is 88.1 cm³/mol. The number of amides is 1. The molecule has 1 aromatic carbocycles. The first-order chi connectivity index (χ1) is 11.7. The molecule has 2 aromatic rings. The third-order valence-corrected chi connectivity index (χ3v) is 4.52. The summed E-state index contributed by atoms with van der Waals surface area (Å²) in [7, 11) is 1.78. The van der Waals surface area contributed by atoms with Gasteiger partial charge in [0.15, 0.2) is 11.5 Å². The fourth-order valence-corrected chi connectivity index (χ4v) is 3.16. The van der Waals surface area contributed by atoms with Gasteiger partial charge >= 0.3 is 0 Å². The lowest BCUT2D eigenvalue weighted by Crippen LogP contribution is -2.28. The van der Waals surface area contributed by atoms with Crippen molar-refractivity contribution in [2.24, 2.45) is 0 Å². The van der Waals surface area contributed by atoms with Crippen LogP contribution in [0.5, 0.6) is 11.5 Å². The molecular formula is C15H19N5O3S. The van der Waals surface area contributed by atoms with E-state index in [9.17, 15) is 4.79 Å². The second kappa shape index (κ2) is 7.52. The number of aromatic nitrogens is 4. The lowest BCUT2D eigenvalue weighted by atomic mass is 10.2. The number of nitrogens with zero attached hydrogens (tertiary/aromatic N) is 5. The molecule has 1 aromatic heterocycles. The molecule has 0 bridgehead atoms. The van der Waals surface area contributed by atoms with Crippen molar-refractivity contribution in [1.29, 1.82) is 0 Å². The van der Waals surface area contributed by atoms with Crippen molar-refractivity contribution in [1.82, 2.24) is 25.1 Å². The van der Waals surface area contributed by atoms with Crippen LogP contribution >= 0.6 is 11.8 Å². The molecule has 3 rings (SSSR count). The molecule has 8 nitrogen and oxygen atoms in total. The predicted octanol–water partition coefficient (Wildman–Crippen LogP) is 1.21. The summed E-state index contributed by atoms with van der Waals surface area (Å²) in [6.45, 7) is 4.26. The Kier molecular flexibility index (Phi) is 5.19. The number of rotatable bonds is 6. The minimum absolute atomic E-state index is 0.0144. The van der Waals surface area contributed by atoms with Crippen molar-refractivity contribution < 1.29 is 14.3 Å². The summed E-state index contributed by atoms with van der Waals surface area (Å²) >= 11 is 1.34. The number of aryl methyl sites for hydroxylation is 1. The van der Waals surface area contributed by atoms with Gasteiger partial charge in [0.25, 0.3) is 0 Å². The summed E-state index contributed by atoms with van der Waals surface area (Å²) in [5.41, 5.74) is 0.999.